The normalized spacial score (nSPS) is 10.8. The molecule has 0 saturated heterocycles. The summed E-state index contributed by atoms with van der Waals surface area (Å²) in [4.78, 5) is 8.30. The molecule has 0 aliphatic rings. The molecule has 5 heteroatoms. The molecule has 1 heterocycles. The summed E-state index contributed by atoms with van der Waals surface area (Å²) in [6.07, 6.45) is 0. The van der Waals surface area contributed by atoms with Crippen LogP contribution in [-0.4, -0.2) is 17.1 Å². The number of hydrogen-bond donors (Lipinski definition) is 1. The van der Waals surface area contributed by atoms with Crippen molar-refractivity contribution in [3.8, 4) is 11.6 Å². The fourth-order valence-electron chi connectivity index (χ4n) is 1.78. The van der Waals surface area contributed by atoms with Gasteiger partial charge in [0.1, 0.15) is 18.2 Å². The van der Waals surface area contributed by atoms with Crippen LogP contribution in [0.2, 0.25) is 0 Å². The Bertz CT molecular complexity index is 568. The predicted molar refractivity (Wildman–Crippen MR) is 77.8 cm³/mol. The molecule has 0 aliphatic heterocycles. The van der Waals surface area contributed by atoms with Gasteiger partial charge in [0, 0.05) is 13.2 Å². The molecule has 2 N–H and O–H groups in total. The molecule has 0 fully saturated rings. The van der Waals surface area contributed by atoms with Crippen molar-refractivity contribution in [2.75, 3.05) is 12.8 Å². The second-order valence-corrected chi connectivity index (χ2v) is 4.81. The molecule has 0 radical (unpaired) electrons. The van der Waals surface area contributed by atoms with Gasteiger partial charge in [-0.25, -0.2) is 4.98 Å². The maximum Gasteiger partial charge on any atom is 0.224 e. The number of nitrogens with zero attached hydrogens (tertiary/aromatic N) is 2. The van der Waals surface area contributed by atoms with Crippen molar-refractivity contribution in [2.24, 2.45) is 0 Å². The Labute approximate surface area is 118 Å². The van der Waals surface area contributed by atoms with Crippen molar-refractivity contribution in [2.45, 2.75) is 26.4 Å². The van der Waals surface area contributed by atoms with Crippen LogP contribution in [0, 0.1) is 0 Å². The van der Waals surface area contributed by atoms with Crippen LogP contribution in [0.4, 0.5) is 5.82 Å². The molecule has 1 aromatic carbocycles. The van der Waals surface area contributed by atoms with Gasteiger partial charge in [-0.2, -0.15) is 4.98 Å². The molecule has 1 aromatic heterocycles. The third-order valence-corrected chi connectivity index (χ3v) is 2.81. The first-order chi connectivity index (χ1) is 9.58. The predicted octanol–water partition coefficient (Wildman–Crippen LogP) is 3.12. The summed E-state index contributed by atoms with van der Waals surface area (Å²) in [6.45, 7) is 4.60. The molecule has 20 heavy (non-hydrogen) atoms. The van der Waals surface area contributed by atoms with E-state index < -0.39 is 0 Å². The van der Waals surface area contributed by atoms with Gasteiger partial charge >= 0.3 is 0 Å². The van der Waals surface area contributed by atoms with E-state index in [1.165, 1.54) is 5.56 Å². The number of ether oxygens (including phenoxy) is 2. The van der Waals surface area contributed by atoms with Crippen LogP contribution in [0.3, 0.4) is 0 Å². The van der Waals surface area contributed by atoms with Crippen molar-refractivity contribution in [1.29, 1.82) is 0 Å². The molecule has 106 valence electrons. The van der Waals surface area contributed by atoms with E-state index in [0.29, 0.717) is 30.0 Å². The van der Waals surface area contributed by atoms with Crippen molar-refractivity contribution in [3.63, 3.8) is 0 Å². The van der Waals surface area contributed by atoms with E-state index in [1.807, 2.05) is 24.3 Å². The van der Waals surface area contributed by atoms with Crippen molar-refractivity contribution >= 4 is 5.82 Å². The monoisotopic (exact) mass is 273 g/mol. The van der Waals surface area contributed by atoms with Crippen LogP contribution in [0.25, 0.3) is 0 Å². The lowest BCUT2D eigenvalue weighted by Gasteiger charge is -2.09. The van der Waals surface area contributed by atoms with E-state index in [9.17, 15) is 0 Å². The zero-order valence-electron chi connectivity index (χ0n) is 12.0. The van der Waals surface area contributed by atoms with E-state index in [2.05, 4.69) is 23.8 Å². The van der Waals surface area contributed by atoms with E-state index in [0.717, 1.165) is 5.75 Å². The first kappa shape index (κ1) is 14.3. The van der Waals surface area contributed by atoms with Gasteiger partial charge < -0.3 is 15.2 Å². The third-order valence-electron chi connectivity index (χ3n) is 2.81. The fraction of sp³-hybridized carbons (Fsp3) is 0.333. The molecule has 0 bridgehead atoms. The molecule has 0 spiro atoms. The molecule has 0 saturated carbocycles. The molecule has 2 rings (SSSR count). The van der Waals surface area contributed by atoms with Gasteiger partial charge in [0.25, 0.3) is 0 Å². The van der Waals surface area contributed by atoms with Crippen LogP contribution in [0.1, 0.15) is 31.2 Å². The lowest BCUT2D eigenvalue weighted by molar-refractivity contribution is 0.177. The van der Waals surface area contributed by atoms with Crippen LogP contribution >= 0.6 is 0 Å². The van der Waals surface area contributed by atoms with Crippen molar-refractivity contribution in [3.05, 3.63) is 41.7 Å². The highest BCUT2D eigenvalue weighted by molar-refractivity contribution is 5.36. The Balaban J connectivity index is 2.16. The van der Waals surface area contributed by atoms with Crippen molar-refractivity contribution in [1.82, 2.24) is 9.97 Å². The minimum absolute atomic E-state index is 0.299. The number of nitrogen functional groups attached to an aromatic ring is 1. The summed E-state index contributed by atoms with van der Waals surface area (Å²) >= 11 is 0. The molecule has 0 atom stereocenters. The van der Waals surface area contributed by atoms with Gasteiger partial charge in [-0.3, -0.25) is 0 Å². The molecular weight excluding hydrogens is 254 g/mol. The molecule has 5 nitrogen and oxygen atoms in total. The van der Waals surface area contributed by atoms with Crippen LogP contribution in [0.15, 0.2) is 30.3 Å². The highest BCUT2D eigenvalue weighted by Gasteiger charge is 2.06. The molecule has 0 aliphatic carbocycles. The minimum atomic E-state index is 0.299. The Morgan fingerprint density at radius 1 is 1.15 bits per heavy atom. The highest BCUT2D eigenvalue weighted by Crippen LogP contribution is 2.23. The average molecular weight is 273 g/mol. The number of hydrogen-bond acceptors (Lipinski definition) is 5. The van der Waals surface area contributed by atoms with E-state index in [4.69, 9.17) is 15.2 Å². The summed E-state index contributed by atoms with van der Waals surface area (Å²) in [5, 5.41) is 0. The van der Waals surface area contributed by atoms with Crippen molar-refractivity contribution < 1.29 is 9.47 Å². The zero-order valence-corrected chi connectivity index (χ0v) is 12.0. The molecule has 2 aromatic rings. The second kappa shape index (κ2) is 6.34. The van der Waals surface area contributed by atoms with Gasteiger partial charge in [0.05, 0.1) is 0 Å². The largest absolute Gasteiger partial charge is 0.439 e. The summed E-state index contributed by atoms with van der Waals surface area (Å²) in [5.41, 5.74) is 6.98. The van der Waals surface area contributed by atoms with Gasteiger partial charge in [0.15, 0.2) is 5.82 Å². The maximum atomic E-state index is 5.72. The molecule has 0 amide bonds. The summed E-state index contributed by atoms with van der Waals surface area (Å²) in [5.74, 6) is 2.49. The Kier molecular flexibility index (Phi) is 4.53. The first-order valence-corrected chi connectivity index (χ1v) is 6.48. The zero-order chi connectivity index (χ0) is 14.5. The first-order valence-electron chi connectivity index (χ1n) is 6.48. The second-order valence-electron chi connectivity index (χ2n) is 4.81. The summed E-state index contributed by atoms with van der Waals surface area (Å²) < 4.78 is 10.7. The summed E-state index contributed by atoms with van der Waals surface area (Å²) in [7, 11) is 1.58. The Morgan fingerprint density at radius 2 is 1.85 bits per heavy atom. The minimum Gasteiger partial charge on any atom is -0.439 e. The molecule has 0 unspecified atom stereocenters. The maximum absolute atomic E-state index is 5.72. The van der Waals surface area contributed by atoms with E-state index >= 15 is 0 Å². The van der Waals surface area contributed by atoms with Gasteiger partial charge in [0.2, 0.25) is 5.88 Å². The van der Waals surface area contributed by atoms with Crippen LogP contribution in [-0.2, 0) is 11.3 Å². The van der Waals surface area contributed by atoms with Crippen LogP contribution in [0.5, 0.6) is 11.6 Å². The Morgan fingerprint density at radius 3 is 2.45 bits per heavy atom. The van der Waals surface area contributed by atoms with E-state index in [1.54, 1.807) is 13.2 Å². The third kappa shape index (κ3) is 3.68. The Hall–Kier alpha value is -2.14. The van der Waals surface area contributed by atoms with Gasteiger partial charge in [-0.1, -0.05) is 26.0 Å². The lowest BCUT2D eigenvalue weighted by Crippen LogP contribution is -2.02. The molecular formula is C15H19N3O2. The number of anilines is 1. The smallest absolute Gasteiger partial charge is 0.224 e. The number of aromatic nitrogens is 2. The topological polar surface area (TPSA) is 70.3 Å². The average Bonchev–Trinajstić information content (AvgIpc) is 2.39. The number of rotatable bonds is 5. The standard InChI is InChI=1S/C15H19N3O2/c1-10(2)11-4-6-12(7-5-11)20-15-8-13(16)17-14(18-15)9-19-3/h4-8,10H,9H2,1-3H3,(H2,16,17,18). The number of methoxy groups -OCH3 is 1. The van der Waals surface area contributed by atoms with E-state index in [-0.39, 0.29) is 0 Å². The quantitative estimate of drug-likeness (QED) is 0.906. The van der Waals surface area contributed by atoms with Gasteiger partial charge in [-0.15, -0.1) is 0 Å². The highest BCUT2D eigenvalue weighted by atomic mass is 16.5. The SMILES string of the molecule is COCc1nc(N)cc(Oc2ccc(C(C)C)cc2)n1. The number of benzene rings is 1. The lowest BCUT2D eigenvalue weighted by atomic mass is 10.0. The van der Waals surface area contributed by atoms with Gasteiger partial charge in [-0.05, 0) is 23.6 Å². The van der Waals surface area contributed by atoms with Crippen LogP contribution < -0.4 is 10.5 Å². The summed E-state index contributed by atoms with van der Waals surface area (Å²) in [6, 6.07) is 9.52. The number of nitrogens with two attached hydrogens (primary N) is 1. The fourth-order valence-corrected chi connectivity index (χ4v) is 1.78.